The molecule has 0 radical (unpaired) electrons. The molecule has 0 fully saturated rings. The minimum atomic E-state index is -0.489. The van der Waals surface area contributed by atoms with Gasteiger partial charge in [0, 0.05) is 23.7 Å². The number of furan rings is 2. The van der Waals surface area contributed by atoms with Gasteiger partial charge in [0.1, 0.15) is 28.8 Å². The largest absolute Gasteiger partial charge is 0.466 e. The number of carbonyl (C=O) groups excluding carboxylic acids is 1. The molecule has 132 valence electrons. The monoisotopic (exact) mass is 330 g/mol. The van der Waals surface area contributed by atoms with Gasteiger partial charge in [0.15, 0.2) is 0 Å². The van der Waals surface area contributed by atoms with E-state index in [1.165, 1.54) is 0 Å². The molecule has 0 aliphatic heterocycles. The molecular formula is C21H30O3. The Labute approximate surface area is 145 Å². The van der Waals surface area contributed by atoms with E-state index < -0.39 is 10.8 Å². The minimum Gasteiger partial charge on any atom is -0.466 e. The van der Waals surface area contributed by atoms with Crippen LogP contribution in [-0.2, 0) is 17.6 Å². The summed E-state index contributed by atoms with van der Waals surface area (Å²) in [5.41, 5.74) is 1.29. The van der Waals surface area contributed by atoms with E-state index in [0.717, 1.165) is 34.2 Å². The molecule has 3 nitrogen and oxygen atoms in total. The Balaban J connectivity index is 2.17. The molecule has 0 bridgehead atoms. The highest BCUT2D eigenvalue weighted by atomic mass is 16.3. The van der Waals surface area contributed by atoms with Gasteiger partial charge in [0.05, 0.1) is 0 Å². The third-order valence-corrected chi connectivity index (χ3v) is 4.90. The molecule has 0 spiro atoms. The Morgan fingerprint density at radius 3 is 1.38 bits per heavy atom. The van der Waals surface area contributed by atoms with Crippen molar-refractivity contribution in [2.75, 3.05) is 0 Å². The summed E-state index contributed by atoms with van der Waals surface area (Å²) in [5, 5.41) is 0. The summed E-state index contributed by atoms with van der Waals surface area (Å²) in [6.45, 7) is 16.0. The van der Waals surface area contributed by atoms with Crippen molar-refractivity contribution < 1.29 is 13.6 Å². The van der Waals surface area contributed by atoms with Crippen LogP contribution in [-0.4, -0.2) is 5.78 Å². The molecule has 0 aromatic carbocycles. The lowest BCUT2D eigenvalue weighted by Gasteiger charge is -2.32. The van der Waals surface area contributed by atoms with Gasteiger partial charge in [0.25, 0.3) is 0 Å². The highest BCUT2D eigenvalue weighted by molar-refractivity contribution is 5.89. The van der Waals surface area contributed by atoms with E-state index in [-0.39, 0.29) is 5.78 Å². The van der Waals surface area contributed by atoms with Crippen molar-refractivity contribution in [2.45, 2.75) is 68.2 Å². The van der Waals surface area contributed by atoms with E-state index in [1.54, 1.807) is 0 Å². The minimum absolute atomic E-state index is 0.230. The maximum atomic E-state index is 13.2. The van der Waals surface area contributed by atoms with Crippen LogP contribution in [0.4, 0.5) is 0 Å². The molecule has 0 saturated heterocycles. The molecule has 0 amide bonds. The lowest BCUT2D eigenvalue weighted by atomic mass is 9.70. The summed E-state index contributed by atoms with van der Waals surface area (Å²) in [6.07, 6.45) is 1.22. The molecule has 0 N–H and O–H groups in total. The van der Waals surface area contributed by atoms with E-state index in [2.05, 4.69) is 0 Å². The second kappa shape index (κ2) is 6.27. The van der Waals surface area contributed by atoms with Crippen LogP contribution in [0.1, 0.15) is 61.9 Å². The van der Waals surface area contributed by atoms with E-state index in [0.29, 0.717) is 12.8 Å². The molecule has 0 saturated carbocycles. The van der Waals surface area contributed by atoms with Crippen LogP contribution in [0.3, 0.4) is 0 Å². The summed E-state index contributed by atoms with van der Waals surface area (Å²) in [6, 6.07) is 4.08. The van der Waals surface area contributed by atoms with Crippen LogP contribution in [0.15, 0.2) is 21.0 Å². The third kappa shape index (κ3) is 3.82. The maximum Gasteiger partial charge on any atom is 0.144 e. The smallest absolute Gasteiger partial charge is 0.144 e. The van der Waals surface area contributed by atoms with E-state index in [1.807, 2.05) is 67.5 Å². The average molecular weight is 330 g/mol. The number of ketones is 1. The van der Waals surface area contributed by atoms with E-state index in [9.17, 15) is 4.79 Å². The zero-order valence-electron chi connectivity index (χ0n) is 16.3. The van der Waals surface area contributed by atoms with Gasteiger partial charge in [-0.3, -0.25) is 4.79 Å². The fraction of sp³-hybridized carbons (Fsp3) is 0.571. The zero-order chi connectivity index (χ0) is 18.3. The Hall–Kier alpha value is -1.77. The van der Waals surface area contributed by atoms with Gasteiger partial charge in [-0.05, 0) is 51.0 Å². The van der Waals surface area contributed by atoms with Crippen molar-refractivity contribution in [1.82, 2.24) is 0 Å². The van der Waals surface area contributed by atoms with Gasteiger partial charge in [-0.2, -0.15) is 0 Å². The molecule has 2 heterocycles. The predicted octanol–water partition coefficient (Wildman–Crippen LogP) is 5.51. The molecule has 0 unspecified atom stereocenters. The molecule has 0 aliphatic carbocycles. The number of Topliss-reactive ketones (excluding diaryl/α,β-unsaturated/α-hetero) is 1. The second-order valence-electron chi connectivity index (χ2n) is 8.35. The first-order valence-electron chi connectivity index (χ1n) is 8.59. The van der Waals surface area contributed by atoms with Gasteiger partial charge < -0.3 is 8.83 Å². The predicted molar refractivity (Wildman–Crippen MR) is 96.3 cm³/mol. The first kappa shape index (κ1) is 18.6. The zero-order valence-corrected chi connectivity index (χ0v) is 16.3. The fourth-order valence-corrected chi connectivity index (χ4v) is 3.42. The van der Waals surface area contributed by atoms with Crippen LogP contribution in [0.25, 0.3) is 0 Å². The summed E-state index contributed by atoms with van der Waals surface area (Å²) >= 11 is 0. The first-order valence-corrected chi connectivity index (χ1v) is 8.59. The Morgan fingerprint density at radius 1 is 0.792 bits per heavy atom. The fourth-order valence-electron chi connectivity index (χ4n) is 3.42. The van der Waals surface area contributed by atoms with Crippen LogP contribution >= 0.6 is 0 Å². The molecule has 0 atom stereocenters. The first-order chi connectivity index (χ1) is 10.9. The van der Waals surface area contributed by atoms with Gasteiger partial charge in [-0.15, -0.1) is 0 Å². The molecule has 2 rings (SSSR count). The summed E-state index contributed by atoms with van der Waals surface area (Å²) in [4.78, 5) is 13.2. The van der Waals surface area contributed by atoms with Crippen LogP contribution in [0.5, 0.6) is 0 Å². The standard InChI is InChI=1S/C21H30O3/c1-13-9-17(23-15(13)3)11-20(5,6)19(22)21(7,8)12-18-10-14(2)16(4)24-18/h9-10H,11-12H2,1-8H3. The van der Waals surface area contributed by atoms with Crippen LogP contribution in [0, 0.1) is 38.5 Å². The van der Waals surface area contributed by atoms with Crippen molar-refractivity contribution in [3.63, 3.8) is 0 Å². The van der Waals surface area contributed by atoms with Crippen LogP contribution < -0.4 is 0 Å². The van der Waals surface area contributed by atoms with E-state index >= 15 is 0 Å². The summed E-state index contributed by atoms with van der Waals surface area (Å²) < 4.78 is 11.6. The third-order valence-electron chi connectivity index (χ3n) is 4.90. The SMILES string of the molecule is Cc1cc(CC(C)(C)C(=O)C(C)(C)Cc2cc(C)c(C)o2)oc1C. The summed E-state index contributed by atoms with van der Waals surface area (Å²) in [5.74, 6) is 3.84. The van der Waals surface area contributed by atoms with Gasteiger partial charge >= 0.3 is 0 Å². The molecule has 0 aliphatic rings. The van der Waals surface area contributed by atoms with Crippen molar-refractivity contribution >= 4 is 5.78 Å². The number of rotatable bonds is 6. The van der Waals surface area contributed by atoms with Crippen molar-refractivity contribution in [3.05, 3.63) is 46.3 Å². The average Bonchev–Trinajstić information content (AvgIpc) is 2.90. The molecule has 2 aromatic heterocycles. The molecule has 24 heavy (non-hydrogen) atoms. The number of aryl methyl sites for hydroxylation is 4. The normalized spacial score (nSPS) is 12.7. The molecular weight excluding hydrogens is 300 g/mol. The highest BCUT2D eigenvalue weighted by Crippen LogP contribution is 2.36. The lowest BCUT2D eigenvalue weighted by Crippen LogP contribution is -2.39. The topological polar surface area (TPSA) is 43.4 Å². The van der Waals surface area contributed by atoms with Gasteiger partial charge in [-0.1, -0.05) is 27.7 Å². The number of hydrogen-bond acceptors (Lipinski definition) is 3. The highest BCUT2D eigenvalue weighted by Gasteiger charge is 2.40. The van der Waals surface area contributed by atoms with Crippen LogP contribution in [0.2, 0.25) is 0 Å². The van der Waals surface area contributed by atoms with Crippen molar-refractivity contribution in [3.8, 4) is 0 Å². The van der Waals surface area contributed by atoms with Gasteiger partial charge in [0.2, 0.25) is 0 Å². The number of hydrogen-bond donors (Lipinski definition) is 0. The molecule has 3 heteroatoms. The number of carbonyl (C=O) groups is 1. The quantitative estimate of drug-likeness (QED) is 0.701. The molecule has 2 aromatic rings. The second-order valence-corrected chi connectivity index (χ2v) is 8.35. The Bertz CT molecular complexity index is 640. The maximum absolute atomic E-state index is 13.2. The summed E-state index contributed by atoms with van der Waals surface area (Å²) in [7, 11) is 0. The van der Waals surface area contributed by atoms with Crippen molar-refractivity contribution in [2.24, 2.45) is 10.8 Å². The van der Waals surface area contributed by atoms with Crippen molar-refractivity contribution in [1.29, 1.82) is 0 Å². The Morgan fingerprint density at radius 2 is 1.12 bits per heavy atom. The van der Waals surface area contributed by atoms with Gasteiger partial charge in [-0.25, -0.2) is 0 Å². The Kier molecular flexibility index (Phi) is 4.85. The lowest BCUT2D eigenvalue weighted by molar-refractivity contribution is -0.136. The van der Waals surface area contributed by atoms with E-state index in [4.69, 9.17) is 8.83 Å².